The highest BCUT2D eigenvalue weighted by atomic mass is 16.1. The average molecular weight is 289 g/mol. The first-order chi connectivity index (χ1) is 10.8. The molecule has 3 aromatic rings. The van der Waals surface area contributed by atoms with Crippen LogP contribution in [0.5, 0.6) is 0 Å². The van der Waals surface area contributed by atoms with E-state index in [0.29, 0.717) is 12.2 Å². The summed E-state index contributed by atoms with van der Waals surface area (Å²) in [6.45, 7) is 2.98. The summed E-state index contributed by atoms with van der Waals surface area (Å²) < 4.78 is 2.37. The summed E-state index contributed by atoms with van der Waals surface area (Å²) in [4.78, 5) is 12.5. The molecule has 2 nitrogen and oxygen atoms in total. The van der Waals surface area contributed by atoms with Crippen LogP contribution in [0.1, 0.15) is 40.0 Å². The van der Waals surface area contributed by atoms with Crippen molar-refractivity contribution in [2.24, 2.45) is 0 Å². The number of rotatable bonds is 2. The third-order valence-corrected chi connectivity index (χ3v) is 4.67. The van der Waals surface area contributed by atoms with Crippen LogP contribution in [0.3, 0.4) is 0 Å². The van der Waals surface area contributed by atoms with Gasteiger partial charge in [0.05, 0.1) is 5.52 Å². The molecular weight excluding hydrogens is 270 g/mol. The lowest BCUT2D eigenvalue weighted by molar-refractivity contribution is 0.0973. The summed E-state index contributed by atoms with van der Waals surface area (Å²) in [5, 5.41) is 1.13. The Morgan fingerprint density at radius 3 is 2.64 bits per heavy atom. The van der Waals surface area contributed by atoms with E-state index in [4.69, 9.17) is 0 Å². The highest BCUT2D eigenvalue weighted by molar-refractivity contribution is 6.10. The van der Waals surface area contributed by atoms with Gasteiger partial charge in [0.15, 0.2) is 5.78 Å². The summed E-state index contributed by atoms with van der Waals surface area (Å²) in [5.74, 6) is 0.309. The number of Topliss-reactive ketones (excluding diaryl/α,β-unsaturated/α-hetero) is 1. The Morgan fingerprint density at radius 2 is 1.82 bits per heavy atom. The molecule has 0 bridgehead atoms. The maximum atomic E-state index is 12.5. The second-order valence-corrected chi connectivity index (χ2v) is 6.14. The van der Waals surface area contributed by atoms with Gasteiger partial charge in [0.25, 0.3) is 0 Å². The van der Waals surface area contributed by atoms with Crippen LogP contribution in [-0.2, 0) is 13.0 Å². The molecule has 0 aliphatic heterocycles. The molecule has 0 amide bonds. The largest absolute Gasteiger partial charge is 0.339 e. The number of aromatic nitrogens is 1. The molecule has 2 heteroatoms. The van der Waals surface area contributed by atoms with Crippen molar-refractivity contribution in [3.05, 3.63) is 70.9 Å². The number of carbonyl (C=O) groups is 1. The summed E-state index contributed by atoms with van der Waals surface area (Å²) >= 11 is 0. The van der Waals surface area contributed by atoms with Crippen molar-refractivity contribution in [1.29, 1.82) is 0 Å². The molecule has 110 valence electrons. The van der Waals surface area contributed by atoms with Gasteiger partial charge in [-0.2, -0.15) is 0 Å². The Labute approximate surface area is 130 Å². The maximum Gasteiger partial charge on any atom is 0.165 e. The van der Waals surface area contributed by atoms with Crippen molar-refractivity contribution < 1.29 is 4.79 Å². The minimum Gasteiger partial charge on any atom is -0.339 e. The normalized spacial score (nSPS) is 14.3. The molecule has 0 atom stereocenters. The zero-order chi connectivity index (χ0) is 15.1. The molecule has 0 unspecified atom stereocenters. The molecule has 22 heavy (non-hydrogen) atoms. The van der Waals surface area contributed by atoms with Gasteiger partial charge in [0.1, 0.15) is 0 Å². The van der Waals surface area contributed by atoms with Crippen molar-refractivity contribution in [3.8, 4) is 0 Å². The Hall–Kier alpha value is -2.35. The number of nitrogens with zero attached hydrogens (tertiary/aromatic N) is 1. The second kappa shape index (κ2) is 5.13. The molecule has 0 fully saturated rings. The van der Waals surface area contributed by atoms with Gasteiger partial charge in [-0.15, -0.1) is 0 Å². The van der Waals surface area contributed by atoms with Crippen LogP contribution in [-0.4, -0.2) is 10.4 Å². The molecule has 1 aromatic heterocycles. The minimum atomic E-state index is 0.309. The van der Waals surface area contributed by atoms with E-state index in [-0.39, 0.29) is 0 Å². The molecule has 0 spiro atoms. The highest BCUT2D eigenvalue weighted by Gasteiger charge is 2.26. The Balaban J connectivity index is 1.99. The predicted octanol–water partition coefficient (Wildman–Crippen LogP) is 4.52. The Kier molecular flexibility index (Phi) is 3.11. The maximum absolute atomic E-state index is 12.5. The molecule has 1 heterocycles. The lowest BCUT2D eigenvalue weighted by atomic mass is 9.94. The molecular formula is C20H19NO. The average Bonchev–Trinajstić information content (AvgIpc) is 2.85. The van der Waals surface area contributed by atoms with Gasteiger partial charge < -0.3 is 4.57 Å². The Bertz CT molecular complexity index is 858. The summed E-state index contributed by atoms with van der Waals surface area (Å²) in [6, 6.07) is 16.8. The van der Waals surface area contributed by atoms with Crippen LogP contribution in [0.15, 0.2) is 48.5 Å². The van der Waals surface area contributed by atoms with Gasteiger partial charge in [-0.05, 0) is 30.9 Å². The fourth-order valence-corrected chi connectivity index (χ4v) is 3.70. The van der Waals surface area contributed by atoms with Crippen molar-refractivity contribution in [2.75, 3.05) is 0 Å². The van der Waals surface area contributed by atoms with Crippen LogP contribution >= 0.6 is 0 Å². The van der Waals surface area contributed by atoms with Crippen LogP contribution in [0.2, 0.25) is 0 Å². The van der Waals surface area contributed by atoms with Crippen molar-refractivity contribution in [1.82, 2.24) is 4.57 Å². The van der Waals surface area contributed by atoms with E-state index in [1.807, 2.05) is 6.07 Å². The first kappa shape index (κ1) is 13.3. The lowest BCUT2D eigenvalue weighted by Crippen LogP contribution is -2.13. The topological polar surface area (TPSA) is 22.0 Å². The number of aryl methyl sites for hydroxylation is 1. The molecule has 4 rings (SSSR count). The number of carbonyl (C=O) groups excluding carboxylic acids is 1. The number of para-hydroxylation sites is 1. The molecule has 0 saturated heterocycles. The molecule has 0 N–H and O–H groups in total. The lowest BCUT2D eigenvalue weighted by Gasteiger charge is -2.16. The van der Waals surface area contributed by atoms with Gasteiger partial charge in [0, 0.05) is 29.6 Å². The third kappa shape index (κ3) is 1.98. The van der Waals surface area contributed by atoms with E-state index < -0.39 is 0 Å². The zero-order valence-corrected chi connectivity index (χ0v) is 12.8. The van der Waals surface area contributed by atoms with Crippen molar-refractivity contribution >= 4 is 16.7 Å². The van der Waals surface area contributed by atoms with Crippen molar-refractivity contribution in [3.63, 3.8) is 0 Å². The second-order valence-electron chi connectivity index (χ2n) is 6.14. The van der Waals surface area contributed by atoms with Crippen LogP contribution in [0, 0.1) is 6.92 Å². The van der Waals surface area contributed by atoms with Crippen LogP contribution < -0.4 is 0 Å². The monoisotopic (exact) mass is 289 g/mol. The number of benzene rings is 2. The van der Waals surface area contributed by atoms with Gasteiger partial charge >= 0.3 is 0 Å². The first-order valence-corrected chi connectivity index (χ1v) is 7.93. The van der Waals surface area contributed by atoms with Gasteiger partial charge in [-0.1, -0.05) is 48.5 Å². The minimum absolute atomic E-state index is 0.309. The molecule has 0 radical (unpaired) electrons. The SMILES string of the molecule is Cc1cccc2c3c(n(Cc4ccccc4)c12)CCCC3=O. The van der Waals surface area contributed by atoms with E-state index >= 15 is 0 Å². The fraction of sp³-hybridized carbons (Fsp3) is 0.250. The zero-order valence-electron chi connectivity index (χ0n) is 12.8. The van der Waals surface area contributed by atoms with E-state index in [1.54, 1.807) is 0 Å². The number of fused-ring (bicyclic) bond motifs is 3. The Morgan fingerprint density at radius 1 is 1.00 bits per heavy atom. The summed E-state index contributed by atoms with van der Waals surface area (Å²) in [6.07, 6.45) is 2.66. The summed E-state index contributed by atoms with van der Waals surface area (Å²) in [7, 11) is 0. The number of ketones is 1. The first-order valence-electron chi connectivity index (χ1n) is 7.93. The molecule has 2 aromatic carbocycles. The predicted molar refractivity (Wildman–Crippen MR) is 89.5 cm³/mol. The number of hydrogen-bond donors (Lipinski definition) is 0. The smallest absolute Gasteiger partial charge is 0.165 e. The summed E-state index contributed by atoms with van der Waals surface area (Å²) in [5.41, 5.74) is 5.95. The van der Waals surface area contributed by atoms with Crippen LogP contribution in [0.25, 0.3) is 10.9 Å². The van der Waals surface area contributed by atoms with Crippen molar-refractivity contribution in [2.45, 2.75) is 32.7 Å². The van der Waals surface area contributed by atoms with E-state index in [2.05, 4.69) is 54.0 Å². The fourth-order valence-electron chi connectivity index (χ4n) is 3.70. The van der Waals surface area contributed by atoms with E-state index in [0.717, 1.165) is 30.3 Å². The standard InChI is InChI=1S/C20H19NO/c1-14-7-5-10-16-19-17(11-6-12-18(19)22)21(20(14)16)13-15-8-3-2-4-9-15/h2-5,7-10H,6,11-13H2,1H3. The quantitative estimate of drug-likeness (QED) is 0.680. The molecule has 1 aliphatic carbocycles. The molecule has 1 aliphatic rings. The van der Waals surface area contributed by atoms with Crippen LogP contribution in [0.4, 0.5) is 0 Å². The van der Waals surface area contributed by atoms with Gasteiger partial charge in [0.2, 0.25) is 0 Å². The highest BCUT2D eigenvalue weighted by Crippen LogP contribution is 2.34. The van der Waals surface area contributed by atoms with Gasteiger partial charge in [-0.25, -0.2) is 0 Å². The number of hydrogen-bond acceptors (Lipinski definition) is 1. The molecule has 0 saturated carbocycles. The van der Waals surface area contributed by atoms with Gasteiger partial charge in [-0.3, -0.25) is 4.79 Å². The third-order valence-electron chi connectivity index (χ3n) is 4.67. The van der Waals surface area contributed by atoms with E-state index in [1.165, 1.54) is 22.3 Å². The van der Waals surface area contributed by atoms with E-state index in [9.17, 15) is 4.79 Å².